The molecule has 1 heterocycles. The van der Waals surface area contributed by atoms with Crippen LogP contribution in [0.1, 0.15) is 12.5 Å². The van der Waals surface area contributed by atoms with Gasteiger partial charge in [-0.2, -0.15) is 0 Å². The second-order valence-electron chi connectivity index (χ2n) is 5.86. The highest BCUT2D eigenvalue weighted by Crippen LogP contribution is 2.30. The predicted octanol–water partition coefficient (Wildman–Crippen LogP) is 4.04. The van der Waals surface area contributed by atoms with Crippen LogP contribution in [0.2, 0.25) is 0 Å². The summed E-state index contributed by atoms with van der Waals surface area (Å²) in [6, 6.07) is 20.5. The molecule has 0 bridgehead atoms. The third-order valence-electron chi connectivity index (χ3n) is 4.01. The van der Waals surface area contributed by atoms with Gasteiger partial charge in [0, 0.05) is 20.6 Å². The number of anilines is 1. The number of nitrogens with zero attached hydrogens (tertiary/aromatic N) is 5. The maximum Gasteiger partial charge on any atom is 0.182 e. The molecule has 0 saturated heterocycles. The molecule has 1 unspecified atom stereocenters. The lowest BCUT2D eigenvalue weighted by Crippen LogP contribution is -2.43. The van der Waals surface area contributed by atoms with Crippen LogP contribution in [0.5, 0.6) is 0 Å². The Balaban J connectivity index is 2.01. The topological polar surface area (TPSA) is 34.4 Å². The fourth-order valence-electron chi connectivity index (χ4n) is 2.76. The van der Waals surface area contributed by atoms with Crippen molar-refractivity contribution >= 4 is 11.8 Å². The highest BCUT2D eigenvalue weighted by Gasteiger charge is 2.34. The molecule has 124 valence electrons. The monoisotopic (exact) mass is 321 g/mol. The zero-order valence-electron chi connectivity index (χ0n) is 14.4. The summed E-state index contributed by atoms with van der Waals surface area (Å²) in [5.41, 5.74) is 3.33. The summed E-state index contributed by atoms with van der Waals surface area (Å²) < 4.78 is 0. The second-order valence-corrected chi connectivity index (χ2v) is 5.86. The summed E-state index contributed by atoms with van der Waals surface area (Å²) >= 11 is 0. The molecule has 0 aliphatic carbocycles. The van der Waals surface area contributed by atoms with E-state index in [9.17, 15) is 0 Å². The molecule has 0 fully saturated rings. The molecule has 0 amide bonds. The molecule has 5 nitrogen and oxygen atoms in total. The molecule has 0 aromatic heterocycles. The van der Waals surface area contributed by atoms with Crippen LogP contribution in [0.4, 0.5) is 5.69 Å². The van der Waals surface area contributed by atoms with Gasteiger partial charge in [0.05, 0.1) is 11.4 Å². The van der Waals surface area contributed by atoms with E-state index < -0.39 is 0 Å². The number of hydrogen-bond acceptors (Lipinski definition) is 5. The Morgan fingerprint density at radius 3 is 2.21 bits per heavy atom. The average molecular weight is 321 g/mol. The van der Waals surface area contributed by atoms with Gasteiger partial charge in [-0.1, -0.05) is 53.8 Å². The van der Waals surface area contributed by atoms with Crippen LogP contribution in [0.15, 0.2) is 76.8 Å². The minimum atomic E-state index is -0.0624. The Kier molecular flexibility index (Phi) is 4.79. The van der Waals surface area contributed by atoms with E-state index in [1.54, 1.807) is 0 Å². The molecule has 0 saturated carbocycles. The van der Waals surface area contributed by atoms with Gasteiger partial charge in [-0.05, 0) is 35.9 Å². The average Bonchev–Trinajstić information content (AvgIpc) is 3.04. The molecule has 3 rings (SSSR count). The van der Waals surface area contributed by atoms with Gasteiger partial charge >= 0.3 is 0 Å². The van der Waals surface area contributed by atoms with E-state index in [1.807, 2.05) is 34.3 Å². The Labute approximate surface area is 143 Å². The lowest BCUT2D eigenvalue weighted by Gasteiger charge is -2.33. The lowest BCUT2D eigenvalue weighted by atomic mass is 10.1. The minimum absolute atomic E-state index is 0.0624. The minimum Gasteiger partial charge on any atom is -0.378 e. The van der Waals surface area contributed by atoms with Crippen molar-refractivity contribution in [3.63, 3.8) is 0 Å². The summed E-state index contributed by atoms with van der Waals surface area (Å²) in [4.78, 5) is 2.13. The van der Waals surface area contributed by atoms with Crippen molar-refractivity contribution in [3.8, 4) is 0 Å². The fraction of sp³-hybridized carbons (Fsp3) is 0.263. The molecule has 0 N–H and O–H groups in total. The van der Waals surface area contributed by atoms with Crippen LogP contribution in [0.25, 0.3) is 6.08 Å². The van der Waals surface area contributed by atoms with Gasteiger partial charge in [-0.15, -0.1) is 0 Å². The SMILES string of the molecule is CCN1N=NN(c2ccccc2)C1C(=Cc1ccccc1)N(C)C. The van der Waals surface area contributed by atoms with Crippen LogP contribution >= 0.6 is 0 Å². The van der Waals surface area contributed by atoms with Crippen LogP contribution in [-0.2, 0) is 0 Å². The smallest absolute Gasteiger partial charge is 0.182 e. The van der Waals surface area contributed by atoms with Gasteiger partial charge in [-0.3, -0.25) is 0 Å². The van der Waals surface area contributed by atoms with Crippen LogP contribution in [-0.4, -0.2) is 36.7 Å². The Morgan fingerprint density at radius 2 is 1.62 bits per heavy atom. The van der Waals surface area contributed by atoms with E-state index in [0.717, 1.165) is 23.5 Å². The van der Waals surface area contributed by atoms with Crippen molar-refractivity contribution in [2.24, 2.45) is 10.4 Å². The summed E-state index contributed by atoms with van der Waals surface area (Å²) in [5, 5.41) is 12.7. The van der Waals surface area contributed by atoms with Crippen molar-refractivity contribution in [2.75, 3.05) is 25.6 Å². The van der Waals surface area contributed by atoms with E-state index in [-0.39, 0.29) is 6.17 Å². The zero-order chi connectivity index (χ0) is 16.9. The first-order valence-corrected chi connectivity index (χ1v) is 8.17. The molecule has 1 atom stereocenters. The number of hydrogen-bond donors (Lipinski definition) is 0. The maximum atomic E-state index is 4.40. The Hall–Kier alpha value is -2.82. The van der Waals surface area contributed by atoms with Crippen LogP contribution in [0.3, 0.4) is 0 Å². The largest absolute Gasteiger partial charge is 0.378 e. The molecule has 2 aromatic rings. The molecule has 5 heteroatoms. The molecule has 24 heavy (non-hydrogen) atoms. The molecular formula is C19H23N5. The van der Waals surface area contributed by atoms with Gasteiger partial charge in [0.2, 0.25) is 0 Å². The van der Waals surface area contributed by atoms with Crippen LogP contribution < -0.4 is 5.01 Å². The van der Waals surface area contributed by atoms with Crippen molar-refractivity contribution in [1.82, 2.24) is 9.91 Å². The van der Waals surface area contributed by atoms with Gasteiger partial charge in [0.15, 0.2) is 6.17 Å². The van der Waals surface area contributed by atoms with E-state index in [1.165, 1.54) is 0 Å². The maximum absolute atomic E-state index is 4.40. The number of para-hydroxylation sites is 1. The first-order valence-electron chi connectivity index (χ1n) is 8.17. The Bertz CT molecular complexity index is 709. The van der Waals surface area contributed by atoms with E-state index in [4.69, 9.17) is 0 Å². The van der Waals surface area contributed by atoms with Gasteiger partial charge in [0.25, 0.3) is 0 Å². The van der Waals surface area contributed by atoms with Gasteiger partial charge in [-0.25, -0.2) is 10.0 Å². The van der Waals surface area contributed by atoms with Crippen molar-refractivity contribution in [3.05, 3.63) is 71.9 Å². The van der Waals surface area contributed by atoms with Crippen molar-refractivity contribution in [2.45, 2.75) is 13.1 Å². The number of benzene rings is 2. The standard InChI is InChI=1S/C19H23N5/c1-4-23-19(24(21-20-23)17-13-9-6-10-14-17)18(22(2)3)15-16-11-7-5-8-12-16/h5-15,19H,4H2,1-3H3. The zero-order valence-corrected chi connectivity index (χ0v) is 14.4. The quantitative estimate of drug-likeness (QED) is 0.833. The molecule has 1 aliphatic rings. The third-order valence-corrected chi connectivity index (χ3v) is 4.01. The fourth-order valence-corrected chi connectivity index (χ4v) is 2.76. The highest BCUT2D eigenvalue weighted by molar-refractivity contribution is 5.57. The number of likely N-dealkylation sites (N-methyl/N-ethyl adjacent to an activating group) is 2. The van der Waals surface area contributed by atoms with Crippen LogP contribution in [0, 0.1) is 0 Å². The van der Waals surface area contributed by atoms with Gasteiger partial charge < -0.3 is 4.90 Å². The lowest BCUT2D eigenvalue weighted by molar-refractivity contribution is 0.242. The highest BCUT2D eigenvalue weighted by atomic mass is 15.8. The van der Waals surface area contributed by atoms with Crippen molar-refractivity contribution in [1.29, 1.82) is 0 Å². The summed E-state index contributed by atoms with van der Waals surface area (Å²) in [7, 11) is 4.12. The Morgan fingerprint density at radius 1 is 1.00 bits per heavy atom. The second kappa shape index (κ2) is 7.17. The normalized spacial score (nSPS) is 17.5. The summed E-state index contributed by atoms with van der Waals surface area (Å²) in [6.45, 7) is 2.88. The third kappa shape index (κ3) is 3.25. The van der Waals surface area contributed by atoms with Gasteiger partial charge in [0.1, 0.15) is 0 Å². The van der Waals surface area contributed by atoms with E-state index in [0.29, 0.717) is 0 Å². The predicted molar refractivity (Wildman–Crippen MR) is 98.1 cm³/mol. The van der Waals surface area contributed by atoms with E-state index in [2.05, 4.69) is 78.8 Å². The first kappa shape index (κ1) is 16.1. The molecule has 2 aromatic carbocycles. The molecule has 0 spiro atoms. The summed E-state index contributed by atoms with van der Waals surface area (Å²) in [6.07, 6.45) is 2.13. The number of rotatable bonds is 5. The summed E-state index contributed by atoms with van der Waals surface area (Å²) in [5.74, 6) is 0. The van der Waals surface area contributed by atoms with E-state index >= 15 is 0 Å². The van der Waals surface area contributed by atoms with Crippen molar-refractivity contribution < 1.29 is 0 Å². The molecule has 0 radical (unpaired) electrons. The first-order chi connectivity index (χ1) is 11.7. The molecular weight excluding hydrogens is 298 g/mol. The molecule has 1 aliphatic heterocycles.